The van der Waals surface area contributed by atoms with Crippen molar-refractivity contribution in [2.75, 3.05) is 13.2 Å². The molecule has 16 heavy (non-hydrogen) atoms. The third kappa shape index (κ3) is 4.67. The topological polar surface area (TPSA) is 34.4 Å². The molecule has 0 aromatic carbocycles. The number of furan rings is 1. The fourth-order valence-electron chi connectivity index (χ4n) is 1.03. The largest absolute Gasteiger partial charge is 0.468 e. The molecule has 1 N–H and O–H groups in total. The Morgan fingerprint density at radius 2 is 2.25 bits per heavy atom. The second-order valence-corrected chi connectivity index (χ2v) is 3.31. The van der Waals surface area contributed by atoms with Crippen molar-refractivity contribution in [3.05, 3.63) is 24.2 Å². The van der Waals surface area contributed by atoms with E-state index in [1.54, 1.807) is 18.4 Å². The molecular weight excluding hydrogens is 223 g/mol. The van der Waals surface area contributed by atoms with E-state index in [0.717, 1.165) is 12.7 Å². The number of alkyl halides is 3. The van der Waals surface area contributed by atoms with Gasteiger partial charge in [0.1, 0.15) is 5.76 Å². The van der Waals surface area contributed by atoms with Crippen LogP contribution >= 0.6 is 0 Å². The first-order valence-electron chi connectivity index (χ1n) is 4.91. The van der Waals surface area contributed by atoms with Crippen LogP contribution in [-0.4, -0.2) is 25.4 Å². The lowest BCUT2D eigenvalue weighted by atomic mass is 10.4. The van der Waals surface area contributed by atoms with Crippen molar-refractivity contribution < 1.29 is 22.3 Å². The first kappa shape index (κ1) is 13.1. The fourth-order valence-corrected chi connectivity index (χ4v) is 1.03. The Kier molecular flexibility index (Phi) is 4.82. The second kappa shape index (κ2) is 5.91. The molecule has 0 bridgehead atoms. The van der Waals surface area contributed by atoms with Gasteiger partial charge >= 0.3 is 6.18 Å². The maximum absolute atomic E-state index is 12.0. The Labute approximate surface area is 91.6 Å². The van der Waals surface area contributed by atoms with Crippen molar-refractivity contribution in [2.45, 2.75) is 25.7 Å². The van der Waals surface area contributed by atoms with Crippen LogP contribution in [0.4, 0.5) is 13.2 Å². The molecule has 92 valence electrons. The number of hydrogen-bond acceptors (Lipinski definition) is 3. The van der Waals surface area contributed by atoms with E-state index in [1.807, 2.05) is 0 Å². The number of rotatable bonds is 6. The molecule has 1 aromatic heterocycles. The van der Waals surface area contributed by atoms with Crippen LogP contribution in [-0.2, 0) is 11.3 Å². The fraction of sp³-hybridized carbons (Fsp3) is 0.600. The Morgan fingerprint density at radius 1 is 1.50 bits per heavy atom. The Bertz CT molecular complexity index is 285. The van der Waals surface area contributed by atoms with E-state index in [1.165, 1.54) is 0 Å². The molecule has 0 radical (unpaired) electrons. The lowest BCUT2D eigenvalue weighted by Gasteiger charge is -2.16. The van der Waals surface area contributed by atoms with Crippen LogP contribution in [0.15, 0.2) is 22.8 Å². The minimum atomic E-state index is -4.29. The van der Waals surface area contributed by atoms with Gasteiger partial charge in [0.2, 0.25) is 0 Å². The lowest BCUT2D eigenvalue weighted by molar-refractivity contribution is -0.213. The summed E-state index contributed by atoms with van der Waals surface area (Å²) in [6.45, 7) is 1.84. The van der Waals surface area contributed by atoms with Gasteiger partial charge in [-0.15, -0.1) is 0 Å². The first-order valence-corrected chi connectivity index (χ1v) is 4.91. The molecule has 3 nitrogen and oxygen atoms in total. The highest BCUT2D eigenvalue weighted by molar-refractivity contribution is 4.97. The summed E-state index contributed by atoms with van der Waals surface area (Å²) in [6, 6.07) is 3.53. The molecule has 1 unspecified atom stereocenters. The van der Waals surface area contributed by atoms with Gasteiger partial charge in [-0.25, -0.2) is 0 Å². The van der Waals surface area contributed by atoms with Crippen molar-refractivity contribution in [2.24, 2.45) is 0 Å². The van der Waals surface area contributed by atoms with Gasteiger partial charge in [0, 0.05) is 6.54 Å². The molecule has 6 heteroatoms. The molecule has 1 rings (SSSR count). The molecule has 1 atom stereocenters. The Balaban J connectivity index is 2.04. The van der Waals surface area contributed by atoms with Crippen molar-refractivity contribution >= 4 is 0 Å². The highest BCUT2D eigenvalue weighted by atomic mass is 19.4. The minimum Gasteiger partial charge on any atom is -0.468 e. The molecule has 1 aromatic rings. The predicted molar refractivity (Wildman–Crippen MR) is 51.9 cm³/mol. The van der Waals surface area contributed by atoms with Gasteiger partial charge in [-0.1, -0.05) is 0 Å². The minimum absolute atomic E-state index is 0.0153. The van der Waals surface area contributed by atoms with Crippen molar-refractivity contribution in [3.8, 4) is 0 Å². The van der Waals surface area contributed by atoms with Crippen LogP contribution < -0.4 is 5.32 Å². The molecule has 0 spiro atoms. The SMILES string of the molecule is CC(OCCNCc1ccco1)C(F)(F)F. The lowest BCUT2D eigenvalue weighted by Crippen LogP contribution is -2.31. The second-order valence-electron chi connectivity index (χ2n) is 3.31. The highest BCUT2D eigenvalue weighted by Crippen LogP contribution is 2.21. The summed E-state index contributed by atoms with van der Waals surface area (Å²) >= 11 is 0. The van der Waals surface area contributed by atoms with E-state index in [9.17, 15) is 13.2 Å². The molecule has 0 amide bonds. The molecule has 1 heterocycles. The Morgan fingerprint density at radius 3 is 2.81 bits per heavy atom. The standard InChI is InChI=1S/C10H14F3NO2/c1-8(10(11,12)13)15-6-4-14-7-9-3-2-5-16-9/h2-3,5,8,14H,4,6-7H2,1H3. The van der Waals surface area contributed by atoms with Crippen LogP contribution in [0.3, 0.4) is 0 Å². The summed E-state index contributed by atoms with van der Waals surface area (Å²) < 4.78 is 45.7. The average molecular weight is 237 g/mol. The Hall–Kier alpha value is -1.01. The van der Waals surface area contributed by atoms with Gasteiger partial charge < -0.3 is 14.5 Å². The van der Waals surface area contributed by atoms with E-state index in [2.05, 4.69) is 10.1 Å². The number of ether oxygens (including phenoxy) is 1. The number of halogens is 3. The van der Waals surface area contributed by atoms with Gasteiger partial charge in [0.25, 0.3) is 0 Å². The van der Waals surface area contributed by atoms with E-state index in [0.29, 0.717) is 13.1 Å². The smallest absolute Gasteiger partial charge is 0.414 e. The maximum atomic E-state index is 12.0. The number of hydrogen-bond donors (Lipinski definition) is 1. The summed E-state index contributed by atoms with van der Waals surface area (Å²) in [4.78, 5) is 0. The zero-order valence-corrected chi connectivity index (χ0v) is 8.88. The van der Waals surface area contributed by atoms with Gasteiger partial charge in [-0.3, -0.25) is 0 Å². The first-order chi connectivity index (χ1) is 7.50. The van der Waals surface area contributed by atoms with Crippen molar-refractivity contribution in [3.63, 3.8) is 0 Å². The summed E-state index contributed by atoms with van der Waals surface area (Å²) in [5.74, 6) is 0.740. The summed E-state index contributed by atoms with van der Waals surface area (Å²) in [7, 11) is 0. The summed E-state index contributed by atoms with van der Waals surface area (Å²) in [5.41, 5.74) is 0. The van der Waals surface area contributed by atoms with Gasteiger partial charge in [0.15, 0.2) is 6.10 Å². The van der Waals surface area contributed by atoms with E-state index >= 15 is 0 Å². The zero-order chi connectivity index (χ0) is 12.0. The maximum Gasteiger partial charge on any atom is 0.414 e. The van der Waals surface area contributed by atoms with Crippen LogP contribution in [0, 0.1) is 0 Å². The molecule has 0 saturated carbocycles. The summed E-state index contributed by atoms with van der Waals surface area (Å²) in [6.07, 6.45) is -4.47. The van der Waals surface area contributed by atoms with E-state index in [-0.39, 0.29) is 6.61 Å². The third-order valence-electron chi connectivity index (χ3n) is 1.99. The summed E-state index contributed by atoms with van der Waals surface area (Å²) in [5, 5.41) is 2.91. The zero-order valence-electron chi connectivity index (χ0n) is 8.88. The van der Waals surface area contributed by atoms with Crippen molar-refractivity contribution in [1.29, 1.82) is 0 Å². The predicted octanol–water partition coefficient (Wildman–Crippen LogP) is 2.34. The molecule has 0 aliphatic heterocycles. The molecule has 0 fully saturated rings. The van der Waals surface area contributed by atoms with Crippen LogP contribution in [0.2, 0.25) is 0 Å². The quantitative estimate of drug-likeness (QED) is 0.771. The van der Waals surface area contributed by atoms with E-state index < -0.39 is 12.3 Å². The highest BCUT2D eigenvalue weighted by Gasteiger charge is 2.36. The van der Waals surface area contributed by atoms with Gasteiger partial charge in [-0.2, -0.15) is 13.2 Å². The van der Waals surface area contributed by atoms with Crippen molar-refractivity contribution in [1.82, 2.24) is 5.32 Å². The van der Waals surface area contributed by atoms with Crippen LogP contribution in [0.25, 0.3) is 0 Å². The molecule has 0 saturated heterocycles. The molecular formula is C10H14F3NO2. The molecule has 0 aliphatic rings. The normalized spacial score (nSPS) is 14.0. The van der Waals surface area contributed by atoms with Gasteiger partial charge in [0.05, 0.1) is 19.4 Å². The van der Waals surface area contributed by atoms with Gasteiger partial charge in [-0.05, 0) is 19.1 Å². The van der Waals surface area contributed by atoms with Crippen LogP contribution in [0.5, 0.6) is 0 Å². The third-order valence-corrected chi connectivity index (χ3v) is 1.99. The monoisotopic (exact) mass is 237 g/mol. The van der Waals surface area contributed by atoms with Crippen LogP contribution in [0.1, 0.15) is 12.7 Å². The van der Waals surface area contributed by atoms with E-state index in [4.69, 9.17) is 4.42 Å². The average Bonchev–Trinajstić information content (AvgIpc) is 2.68. The molecule has 0 aliphatic carbocycles. The number of nitrogens with one attached hydrogen (secondary N) is 1.